The highest BCUT2D eigenvalue weighted by molar-refractivity contribution is 7.14. The van der Waals surface area contributed by atoms with Crippen LogP contribution in [0.1, 0.15) is 37.5 Å². The molecule has 34 heavy (non-hydrogen) atoms. The van der Waals surface area contributed by atoms with Crippen molar-refractivity contribution in [2.24, 2.45) is 0 Å². The number of hydrogen-bond acceptors (Lipinski definition) is 8. The molecule has 2 amide bonds. The van der Waals surface area contributed by atoms with Crippen LogP contribution in [-0.4, -0.2) is 39.2 Å². The smallest absolute Gasteiger partial charge is 0.272 e. The van der Waals surface area contributed by atoms with Crippen molar-refractivity contribution in [3.05, 3.63) is 63.9 Å². The Balaban J connectivity index is 1.28. The average Bonchev–Trinajstić information content (AvgIpc) is 3.48. The van der Waals surface area contributed by atoms with Crippen molar-refractivity contribution in [1.82, 2.24) is 20.3 Å². The Labute approximate surface area is 197 Å². The van der Waals surface area contributed by atoms with Crippen LogP contribution in [0.5, 0.6) is 5.75 Å². The van der Waals surface area contributed by atoms with Gasteiger partial charge in [-0.15, -0.1) is 11.3 Å². The molecule has 4 N–H and O–H groups in total. The van der Waals surface area contributed by atoms with Gasteiger partial charge in [0.25, 0.3) is 11.8 Å². The number of fused-ring (bicyclic) bond motifs is 2. The zero-order valence-corrected chi connectivity index (χ0v) is 18.9. The lowest BCUT2D eigenvalue weighted by molar-refractivity contribution is -0.118. The average molecular weight is 477 g/mol. The number of anilines is 2. The van der Waals surface area contributed by atoms with Crippen LogP contribution in [0.25, 0.3) is 11.0 Å². The number of amides is 2. The zero-order valence-electron chi connectivity index (χ0n) is 18.1. The van der Waals surface area contributed by atoms with Crippen molar-refractivity contribution in [1.29, 1.82) is 0 Å². The Kier molecular flexibility index (Phi) is 5.68. The molecule has 0 saturated carbocycles. The molecular weight excluding hydrogens is 456 g/mol. The van der Waals surface area contributed by atoms with Gasteiger partial charge >= 0.3 is 0 Å². The van der Waals surface area contributed by atoms with E-state index in [1.165, 1.54) is 17.7 Å². The number of ketones is 1. The lowest BCUT2D eigenvalue weighted by atomic mass is 10.1. The maximum Gasteiger partial charge on any atom is 0.272 e. The van der Waals surface area contributed by atoms with Crippen LogP contribution in [0.15, 0.2) is 42.9 Å². The molecule has 1 aromatic carbocycles. The fraction of sp³-hybridized carbons (Fsp3) is 0.174. The molecule has 0 atom stereocenters. The van der Waals surface area contributed by atoms with Crippen LogP contribution < -0.4 is 20.7 Å². The number of ether oxygens (including phenoxy) is 1. The molecule has 3 aromatic heterocycles. The minimum absolute atomic E-state index is 0.00738. The van der Waals surface area contributed by atoms with Gasteiger partial charge in [0.05, 0.1) is 21.8 Å². The Morgan fingerprint density at radius 3 is 2.88 bits per heavy atom. The van der Waals surface area contributed by atoms with Crippen LogP contribution in [0.3, 0.4) is 0 Å². The molecule has 0 fully saturated rings. The van der Waals surface area contributed by atoms with Crippen molar-refractivity contribution < 1.29 is 19.1 Å². The van der Waals surface area contributed by atoms with Crippen molar-refractivity contribution in [2.75, 3.05) is 17.2 Å². The summed E-state index contributed by atoms with van der Waals surface area (Å²) in [7, 11) is 0. The lowest BCUT2D eigenvalue weighted by Gasteiger charge is -2.18. The summed E-state index contributed by atoms with van der Waals surface area (Å²) in [5.41, 5.74) is 3.45. The van der Waals surface area contributed by atoms with Gasteiger partial charge in [0.2, 0.25) is 0 Å². The molecule has 1 aliphatic heterocycles. The van der Waals surface area contributed by atoms with E-state index >= 15 is 0 Å². The van der Waals surface area contributed by atoms with Gasteiger partial charge in [-0.3, -0.25) is 14.4 Å². The number of aromatic amines is 1. The number of nitrogens with one attached hydrogen (secondary N) is 4. The molecule has 0 aliphatic carbocycles. The van der Waals surface area contributed by atoms with Crippen LogP contribution in [0, 0.1) is 0 Å². The summed E-state index contributed by atoms with van der Waals surface area (Å²) >= 11 is 1.44. The van der Waals surface area contributed by atoms with Crippen LogP contribution in [-0.2, 0) is 17.9 Å². The molecule has 1 aliphatic rings. The molecule has 0 bridgehead atoms. The maximum absolute atomic E-state index is 12.9. The fourth-order valence-corrected chi connectivity index (χ4v) is 4.44. The lowest BCUT2D eigenvalue weighted by Crippen LogP contribution is -2.26. The number of thiophene rings is 1. The monoisotopic (exact) mass is 476 g/mol. The van der Waals surface area contributed by atoms with Gasteiger partial charge in [0.1, 0.15) is 17.6 Å². The van der Waals surface area contributed by atoms with E-state index in [4.69, 9.17) is 4.74 Å². The molecule has 10 nitrogen and oxygen atoms in total. The van der Waals surface area contributed by atoms with Crippen molar-refractivity contribution in [3.8, 4) is 5.75 Å². The van der Waals surface area contributed by atoms with E-state index in [-0.39, 0.29) is 36.4 Å². The first-order chi connectivity index (χ1) is 16.5. The molecule has 0 spiro atoms. The summed E-state index contributed by atoms with van der Waals surface area (Å²) in [5, 5.41) is 8.90. The summed E-state index contributed by atoms with van der Waals surface area (Å²) < 4.78 is 5.36. The third-order valence-electron chi connectivity index (χ3n) is 5.27. The van der Waals surface area contributed by atoms with E-state index in [1.807, 2.05) is 18.2 Å². The number of H-pyrrole nitrogens is 1. The second-order valence-electron chi connectivity index (χ2n) is 7.67. The van der Waals surface area contributed by atoms with Crippen LogP contribution in [0.4, 0.5) is 11.4 Å². The Bertz CT molecular complexity index is 1430. The Morgan fingerprint density at radius 1 is 1.18 bits per heavy atom. The highest BCUT2D eigenvalue weighted by Gasteiger charge is 2.18. The van der Waals surface area contributed by atoms with Gasteiger partial charge in [-0.25, -0.2) is 9.97 Å². The summed E-state index contributed by atoms with van der Waals surface area (Å²) in [6.07, 6.45) is 3.09. The molecule has 0 unspecified atom stereocenters. The number of nitrogens with zero attached hydrogens (tertiary/aromatic N) is 2. The molecule has 11 heteroatoms. The van der Waals surface area contributed by atoms with Gasteiger partial charge in [0, 0.05) is 24.2 Å². The topological polar surface area (TPSA) is 138 Å². The number of hydrogen-bond donors (Lipinski definition) is 4. The number of carbonyl (C=O) groups excluding carboxylic acids is 3. The van der Waals surface area contributed by atoms with E-state index in [0.717, 1.165) is 16.1 Å². The van der Waals surface area contributed by atoms with Gasteiger partial charge in [0.15, 0.2) is 18.1 Å². The van der Waals surface area contributed by atoms with E-state index in [0.29, 0.717) is 33.9 Å². The summed E-state index contributed by atoms with van der Waals surface area (Å²) in [6.45, 7) is 2.31. The second kappa shape index (κ2) is 8.94. The summed E-state index contributed by atoms with van der Waals surface area (Å²) in [6, 6.07) is 9.07. The second-order valence-corrected chi connectivity index (χ2v) is 8.84. The minimum Gasteiger partial charge on any atom is -0.482 e. The number of carbonyl (C=O) groups is 3. The molecule has 4 aromatic rings. The predicted molar refractivity (Wildman–Crippen MR) is 127 cm³/mol. The number of aromatic nitrogens is 3. The molecular formula is C23H20N6O4S. The third kappa shape index (κ3) is 4.33. The fourth-order valence-electron chi connectivity index (χ4n) is 3.60. The first kappa shape index (κ1) is 21.6. The normalized spacial score (nSPS) is 12.6. The molecule has 172 valence electrons. The highest BCUT2D eigenvalue weighted by atomic mass is 32.1. The standard InChI is InChI=1S/C23H20N6O4S/c1-12(30)18-5-3-14(34-18)8-24-16-9-25-21-20(16)27-11-28-22(21)23(32)26-7-13-2-4-17-15(6-13)29-19(31)10-33-17/h2-6,9,11,24-25H,7-8,10H2,1H3,(H,26,32)(H,29,31). The maximum atomic E-state index is 12.9. The van der Waals surface area contributed by atoms with Crippen LogP contribution in [0.2, 0.25) is 0 Å². The molecule has 4 heterocycles. The first-order valence-electron chi connectivity index (χ1n) is 10.5. The third-order valence-corrected chi connectivity index (χ3v) is 6.46. The zero-order chi connectivity index (χ0) is 23.7. The van der Waals surface area contributed by atoms with Gasteiger partial charge in [-0.2, -0.15) is 0 Å². The predicted octanol–water partition coefficient (Wildman–Crippen LogP) is 3.10. The summed E-state index contributed by atoms with van der Waals surface area (Å²) in [5.74, 6) is 0.0636. The number of Topliss-reactive ketones (excluding diaryl/α,β-unsaturated/α-hetero) is 1. The van der Waals surface area contributed by atoms with E-state index in [2.05, 4.69) is 30.9 Å². The largest absolute Gasteiger partial charge is 0.482 e. The van der Waals surface area contributed by atoms with Gasteiger partial charge in [-0.05, 0) is 36.8 Å². The van der Waals surface area contributed by atoms with E-state index < -0.39 is 0 Å². The minimum atomic E-state index is -0.358. The quantitative estimate of drug-likeness (QED) is 0.301. The highest BCUT2D eigenvalue weighted by Crippen LogP contribution is 2.28. The van der Waals surface area contributed by atoms with Gasteiger partial charge in [-0.1, -0.05) is 6.07 Å². The Hall–Kier alpha value is -4.25. The summed E-state index contributed by atoms with van der Waals surface area (Å²) in [4.78, 5) is 49.2. The Morgan fingerprint density at radius 2 is 2.06 bits per heavy atom. The van der Waals surface area contributed by atoms with Crippen molar-refractivity contribution in [3.63, 3.8) is 0 Å². The van der Waals surface area contributed by atoms with Crippen molar-refractivity contribution in [2.45, 2.75) is 20.0 Å². The van der Waals surface area contributed by atoms with Gasteiger partial charge < -0.3 is 25.7 Å². The molecule has 5 rings (SSSR count). The van der Waals surface area contributed by atoms with E-state index in [1.54, 1.807) is 25.3 Å². The molecule has 0 saturated heterocycles. The van der Waals surface area contributed by atoms with E-state index in [9.17, 15) is 14.4 Å². The van der Waals surface area contributed by atoms with Crippen LogP contribution >= 0.6 is 11.3 Å². The number of benzene rings is 1. The first-order valence-corrected chi connectivity index (χ1v) is 11.3. The SMILES string of the molecule is CC(=O)c1ccc(CNc2c[nH]c3c(C(=O)NCc4ccc5c(c4)NC(=O)CO5)ncnc23)s1. The molecule has 0 radical (unpaired) electrons. The number of rotatable bonds is 7. The van der Waals surface area contributed by atoms with Crippen molar-refractivity contribution >= 4 is 51.3 Å².